The van der Waals surface area contributed by atoms with Crippen LogP contribution < -0.4 is 10.5 Å². The number of nitrogen functional groups attached to an aromatic ring is 1. The molecule has 0 saturated carbocycles. The van der Waals surface area contributed by atoms with Gasteiger partial charge in [0.25, 0.3) is 0 Å². The number of hydrogen-bond acceptors (Lipinski definition) is 5. The van der Waals surface area contributed by atoms with Crippen LogP contribution in [0.15, 0.2) is 10.7 Å². The van der Waals surface area contributed by atoms with Crippen molar-refractivity contribution < 1.29 is 4.74 Å². The third-order valence-corrected chi connectivity index (χ3v) is 3.22. The predicted octanol–water partition coefficient (Wildman–Crippen LogP) is 1.29. The molecular formula is C10H15BrN4O. The molecular weight excluding hydrogens is 272 g/mol. The Hall–Kier alpha value is -0.880. The number of nitrogens with zero attached hydrogens (tertiary/aromatic N) is 3. The number of likely N-dealkylation sites (tertiary alicyclic amines) is 1. The second-order valence-corrected chi connectivity index (χ2v) is 4.86. The van der Waals surface area contributed by atoms with Gasteiger partial charge in [-0.05, 0) is 35.8 Å². The number of ether oxygens (including phenoxy) is 1. The van der Waals surface area contributed by atoms with E-state index in [1.54, 1.807) is 6.20 Å². The number of halogens is 1. The van der Waals surface area contributed by atoms with Gasteiger partial charge in [0.1, 0.15) is 6.10 Å². The minimum atomic E-state index is 0.224. The van der Waals surface area contributed by atoms with Crippen LogP contribution in [0, 0.1) is 0 Å². The molecule has 2 heterocycles. The minimum Gasteiger partial charge on any atom is -0.473 e. The summed E-state index contributed by atoms with van der Waals surface area (Å²) in [6, 6.07) is 0. The monoisotopic (exact) mass is 286 g/mol. The van der Waals surface area contributed by atoms with Gasteiger partial charge in [-0.3, -0.25) is 0 Å². The van der Waals surface area contributed by atoms with Crippen LogP contribution in [-0.2, 0) is 0 Å². The van der Waals surface area contributed by atoms with E-state index < -0.39 is 0 Å². The second kappa shape index (κ2) is 4.97. The Morgan fingerprint density at radius 1 is 1.50 bits per heavy atom. The van der Waals surface area contributed by atoms with Crippen molar-refractivity contribution in [3.05, 3.63) is 10.7 Å². The molecule has 0 unspecified atom stereocenters. The van der Waals surface area contributed by atoms with E-state index in [9.17, 15) is 0 Å². The molecule has 0 spiro atoms. The lowest BCUT2D eigenvalue weighted by Gasteiger charge is -2.29. The number of piperidine rings is 1. The van der Waals surface area contributed by atoms with Gasteiger partial charge >= 0.3 is 0 Å². The highest BCUT2D eigenvalue weighted by atomic mass is 79.9. The Labute approximate surface area is 103 Å². The largest absolute Gasteiger partial charge is 0.473 e. The SMILES string of the molecule is CN1CCC(Oc2nc(N)ncc2Br)CC1. The number of hydrogen-bond donors (Lipinski definition) is 1. The van der Waals surface area contributed by atoms with Crippen LogP contribution >= 0.6 is 15.9 Å². The topological polar surface area (TPSA) is 64.3 Å². The van der Waals surface area contributed by atoms with E-state index in [0.29, 0.717) is 5.88 Å². The van der Waals surface area contributed by atoms with Gasteiger partial charge in [0.15, 0.2) is 0 Å². The summed E-state index contributed by atoms with van der Waals surface area (Å²) in [5.74, 6) is 0.785. The van der Waals surface area contributed by atoms with E-state index >= 15 is 0 Å². The number of aromatic nitrogens is 2. The molecule has 0 radical (unpaired) electrons. The molecule has 0 bridgehead atoms. The first kappa shape index (κ1) is 11.6. The summed E-state index contributed by atoms with van der Waals surface area (Å²) in [5.41, 5.74) is 5.52. The zero-order valence-corrected chi connectivity index (χ0v) is 10.8. The third kappa shape index (κ3) is 2.82. The second-order valence-electron chi connectivity index (χ2n) is 4.00. The summed E-state index contributed by atoms with van der Waals surface area (Å²) in [5, 5.41) is 0. The van der Waals surface area contributed by atoms with Crippen molar-refractivity contribution in [2.24, 2.45) is 0 Å². The highest BCUT2D eigenvalue weighted by molar-refractivity contribution is 9.10. The molecule has 0 atom stereocenters. The summed E-state index contributed by atoms with van der Waals surface area (Å²) in [6.45, 7) is 2.12. The fourth-order valence-electron chi connectivity index (χ4n) is 1.71. The molecule has 2 N–H and O–H groups in total. The van der Waals surface area contributed by atoms with Crippen LogP contribution in [0.3, 0.4) is 0 Å². The van der Waals surface area contributed by atoms with Crippen molar-refractivity contribution in [2.45, 2.75) is 18.9 Å². The fraction of sp³-hybridized carbons (Fsp3) is 0.600. The van der Waals surface area contributed by atoms with Gasteiger partial charge in [0.2, 0.25) is 11.8 Å². The maximum absolute atomic E-state index is 5.81. The number of anilines is 1. The third-order valence-electron chi connectivity index (χ3n) is 2.67. The summed E-state index contributed by atoms with van der Waals surface area (Å²) < 4.78 is 6.56. The van der Waals surface area contributed by atoms with Crippen molar-refractivity contribution in [1.82, 2.24) is 14.9 Å². The highest BCUT2D eigenvalue weighted by Crippen LogP contribution is 2.25. The van der Waals surface area contributed by atoms with E-state index in [1.165, 1.54) is 0 Å². The average Bonchev–Trinajstić information content (AvgIpc) is 2.27. The molecule has 16 heavy (non-hydrogen) atoms. The molecule has 1 aromatic rings. The average molecular weight is 287 g/mol. The lowest BCUT2D eigenvalue weighted by atomic mass is 10.1. The maximum atomic E-state index is 5.81. The van der Waals surface area contributed by atoms with Crippen molar-refractivity contribution in [3.63, 3.8) is 0 Å². The van der Waals surface area contributed by atoms with E-state index in [-0.39, 0.29) is 12.1 Å². The van der Waals surface area contributed by atoms with Gasteiger partial charge in [0.05, 0.1) is 10.7 Å². The Balaban J connectivity index is 2.00. The lowest BCUT2D eigenvalue weighted by molar-refractivity contribution is 0.109. The molecule has 2 rings (SSSR count). The number of rotatable bonds is 2. The summed E-state index contributed by atoms with van der Waals surface area (Å²) >= 11 is 3.35. The Morgan fingerprint density at radius 3 is 2.88 bits per heavy atom. The van der Waals surface area contributed by atoms with E-state index in [1.807, 2.05) is 0 Å². The molecule has 0 aliphatic carbocycles. The van der Waals surface area contributed by atoms with Crippen LogP contribution in [0.2, 0.25) is 0 Å². The Bertz CT molecular complexity index is 366. The van der Waals surface area contributed by atoms with Crippen molar-refractivity contribution in [2.75, 3.05) is 25.9 Å². The van der Waals surface area contributed by atoms with Gasteiger partial charge in [-0.25, -0.2) is 4.98 Å². The van der Waals surface area contributed by atoms with Gasteiger partial charge in [-0.15, -0.1) is 0 Å². The van der Waals surface area contributed by atoms with Crippen molar-refractivity contribution >= 4 is 21.9 Å². The zero-order valence-electron chi connectivity index (χ0n) is 9.19. The molecule has 6 heteroatoms. The first-order valence-electron chi connectivity index (χ1n) is 5.28. The van der Waals surface area contributed by atoms with Crippen LogP contribution in [-0.4, -0.2) is 41.1 Å². The Kier molecular flexibility index (Phi) is 3.60. The maximum Gasteiger partial charge on any atom is 0.233 e. The molecule has 5 nitrogen and oxygen atoms in total. The molecule has 1 saturated heterocycles. The van der Waals surface area contributed by atoms with Gasteiger partial charge < -0.3 is 15.4 Å². The smallest absolute Gasteiger partial charge is 0.233 e. The fourth-order valence-corrected chi connectivity index (χ4v) is 1.99. The molecule has 1 aromatic heterocycles. The van der Waals surface area contributed by atoms with Gasteiger partial charge in [-0.1, -0.05) is 0 Å². The highest BCUT2D eigenvalue weighted by Gasteiger charge is 2.19. The zero-order chi connectivity index (χ0) is 11.5. The van der Waals surface area contributed by atoms with Crippen LogP contribution in [0.5, 0.6) is 5.88 Å². The van der Waals surface area contributed by atoms with Crippen LogP contribution in [0.25, 0.3) is 0 Å². The minimum absolute atomic E-state index is 0.224. The van der Waals surface area contributed by atoms with E-state index in [2.05, 4.69) is 37.8 Å². The predicted molar refractivity (Wildman–Crippen MR) is 65.3 cm³/mol. The molecule has 1 aliphatic rings. The van der Waals surface area contributed by atoms with Gasteiger partial charge in [0, 0.05) is 13.1 Å². The quantitative estimate of drug-likeness (QED) is 0.888. The summed E-state index contributed by atoms with van der Waals surface area (Å²) in [7, 11) is 2.12. The molecule has 1 aliphatic heterocycles. The normalized spacial score (nSPS) is 18.6. The summed E-state index contributed by atoms with van der Waals surface area (Å²) in [4.78, 5) is 10.2. The molecule has 88 valence electrons. The van der Waals surface area contributed by atoms with Gasteiger partial charge in [-0.2, -0.15) is 4.98 Å². The summed E-state index contributed by atoms with van der Waals surface area (Å²) in [6.07, 6.45) is 3.88. The Morgan fingerprint density at radius 2 is 2.19 bits per heavy atom. The standard InChI is InChI=1S/C10H15BrN4O/c1-15-4-2-7(3-5-15)16-9-8(11)6-13-10(12)14-9/h6-7H,2-5H2,1H3,(H2,12,13,14). The van der Waals surface area contributed by atoms with Crippen molar-refractivity contribution in [3.8, 4) is 5.88 Å². The first-order valence-corrected chi connectivity index (χ1v) is 6.07. The molecule has 1 fully saturated rings. The first-order chi connectivity index (χ1) is 7.65. The number of nitrogens with two attached hydrogens (primary N) is 1. The van der Waals surface area contributed by atoms with Crippen molar-refractivity contribution in [1.29, 1.82) is 0 Å². The lowest BCUT2D eigenvalue weighted by Crippen LogP contribution is -2.35. The van der Waals surface area contributed by atoms with E-state index in [4.69, 9.17) is 10.5 Å². The van der Waals surface area contributed by atoms with Crippen LogP contribution in [0.4, 0.5) is 5.95 Å². The molecule has 0 amide bonds. The molecule has 0 aromatic carbocycles. The van der Waals surface area contributed by atoms with E-state index in [0.717, 1.165) is 30.4 Å². The van der Waals surface area contributed by atoms with Crippen LogP contribution in [0.1, 0.15) is 12.8 Å².